The maximum absolute atomic E-state index is 13.9. The van der Waals surface area contributed by atoms with Crippen LogP contribution in [0.5, 0.6) is 0 Å². The molecule has 7 heteroatoms. The summed E-state index contributed by atoms with van der Waals surface area (Å²) in [5.41, 5.74) is 3.26. The summed E-state index contributed by atoms with van der Waals surface area (Å²) >= 11 is 5.36. The van der Waals surface area contributed by atoms with Gasteiger partial charge in [-0.15, -0.1) is 0 Å². The lowest BCUT2D eigenvalue weighted by Crippen LogP contribution is -2.31. The van der Waals surface area contributed by atoms with Crippen molar-refractivity contribution in [2.45, 2.75) is 26.8 Å². The average molecular weight is 364 g/mol. The van der Waals surface area contributed by atoms with Crippen LogP contribution in [0.1, 0.15) is 23.4 Å². The van der Waals surface area contributed by atoms with E-state index >= 15 is 0 Å². The summed E-state index contributed by atoms with van der Waals surface area (Å²) in [6.07, 6.45) is 1.01. The molecule has 2 N–H and O–H groups in total. The van der Waals surface area contributed by atoms with Gasteiger partial charge in [0.2, 0.25) is 0 Å². The second kappa shape index (κ2) is 8.92. The number of nitrogens with zero attached hydrogens (tertiary/aromatic N) is 3. The van der Waals surface area contributed by atoms with Crippen LogP contribution >= 0.6 is 12.2 Å². The first kappa shape index (κ1) is 19.3. The van der Waals surface area contributed by atoms with Crippen molar-refractivity contribution in [1.82, 2.24) is 20.0 Å². The van der Waals surface area contributed by atoms with E-state index in [0.717, 1.165) is 36.6 Å². The minimum atomic E-state index is -0.220. The Morgan fingerprint density at radius 1 is 1.28 bits per heavy atom. The van der Waals surface area contributed by atoms with E-state index in [1.807, 2.05) is 34.0 Å². The van der Waals surface area contributed by atoms with Crippen LogP contribution in [0, 0.1) is 19.7 Å². The van der Waals surface area contributed by atoms with Gasteiger partial charge in [0.1, 0.15) is 5.82 Å². The molecule has 1 aromatic carbocycles. The van der Waals surface area contributed by atoms with Crippen molar-refractivity contribution < 1.29 is 4.39 Å². The lowest BCUT2D eigenvalue weighted by atomic mass is 10.2. The summed E-state index contributed by atoms with van der Waals surface area (Å²) in [5.74, 6) is -0.220. The van der Waals surface area contributed by atoms with E-state index in [1.54, 1.807) is 16.8 Å². The zero-order chi connectivity index (χ0) is 18.4. The van der Waals surface area contributed by atoms with Crippen LogP contribution in [0.15, 0.2) is 24.3 Å². The molecule has 0 atom stereocenters. The minimum absolute atomic E-state index is 0.220. The first-order chi connectivity index (χ1) is 11.9. The molecule has 25 heavy (non-hydrogen) atoms. The summed E-state index contributed by atoms with van der Waals surface area (Å²) in [6, 6.07) is 6.76. The van der Waals surface area contributed by atoms with Gasteiger partial charge in [-0.3, -0.25) is 4.68 Å². The molecule has 2 aromatic rings. The zero-order valence-corrected chi connectivity index (χ0v) is 16.1. The Kier molecular flexibility index (Phi) is 6.90. The molecule has 2 rings (SSSR count). The van der Waals surface area contributed by atoms with Crippen molar-refractivity contribution in [2.75, 3.05) is 32.5 Å². The van der Waals surface area contributed by atoms with E-state index in [0.29, 0.717) is 17.2 Å². The van der Waals surface area contributed by atoms with Crippen molar-refractivity contribution >= 4 is 23.0 Å². The van der Waals surface area contributed by atoms with Crippen molar-refractivity contribution in [3.8, 4) is 0 Å². The number of nitrogens with one attached hydrogen (secondary N) is 2. The second-order valence-corrected chi connectivity index (χ2v) is 6.74. The van der Waals surface area contributed by atoms with Gasteiger partial charge in [-0.2, -0.15) is 5.10 Å². The Labute approximate surface area is 154 Å². The van der Waals surface area contributed by atoms with Crippen LogP contribution in [-0.4, -0.2) is 47.0 Å². The number of aromatic nitrogens is 2. The standard InChI is InChI=1S/C18H26FN5S/c1-13-17(21-18(25)20-10-7-11-23(3)4)14(2)24(22-13)12-15-8-5-6-9-16(15)19/h5-6,8-9H,7,10-12H2,1-4H3,(H2,20,21,25). The number of halogens is 1. The normalized spacial score (nSPS) is 11.0. The molecule has 5 nitrogen and oxygen atoms in total. The van der Waals surface area contributed by atoms with Crippen LogP contribution in [0.25, 0.3) is 0 Å². The number of hydrogen-bond acceptors (Lipinski definition) is 3. The molecule has 1 aromatic heterocycles. The summed E-state index contributed by atoms with van der Waals surface area (Å²) in [5, 5.41) is 11.5. The fourth-order valence-electron chi connectivity index (χ4n) is 2.57. The van der Waals surface area contributed by atoms with Gasteiger partial charge in [0.05, 0.1) is 23.6 Å². The molecular formula is C18H26FN5S. The fraction of sp³-hybridized carbons (Fsp3) is 0.444. The van der Waals surface area contributed by atoms with Gasteiger partial charge >= 0.3 is 0 Å². The highest BCUT2D eigenvalue weighted by molar-refractivity contribution is 7.80. The van der Waals surface area contributed by atoms with Crippen LogP contribution in [-0.2, 0) is 6.54 Å². The first-order valence-corrected chi connectivity index (χ1v) is 8.76. The van der Waals surface area contributed by atoms with Crippen molar-refractivity contribution in [2.24, 2.45) is 0 Å². The van der Waals surface area contributed by atoms with Gasteiger partial charge in [-0.1, -0.05) is 18.2 Å². The van der Waals surface area contributed by atoms with Crippen LogP contribution < -0.4 is 10.6 Å². The Morgan fingerprint density at radius 2 is 2.00 bits per heavy atom. The number of anilines is 1. The van der Waals surface area contributed by atoms with Crippen molar-refractivity contribution in [3.63, 3.8) is 0 Å². The first-order valence-electron chi connectivity index (χ1n) is 8.35. The Bertz CT molecular complexity index is 726. The quantitative estimate of drug-likeness (QED) is 0.585. The van der Waals surface area contributed by atoms with E-state index in [9.17, 15) is 4.39 Å². The Hall–Kier alpha value is -1.99. The molecule has 0 saturated carbocycles. The number of benzene rings is 1. The predicted molar refractivity (Wildman–Crippen MR) is 105 cm³/mol. The van der Waals surface area contributed by atoms with E-state index < -0.39 is 0 Å². The smallest absolute Gasteiger partial charge is 0.170 e. The number of rotatable bonds is 7. The summed E-state index contributed by atoms with van der Waals surface area (Å²) < 4.78 is 15.7. The van der Waals surface area contributed by atoms with Crippen LogP contribution in [0.3, 0.4) is 0 Å². The number of thiocarbonyl (C=S) groups is 1. The average Bonchev–Trinajstić information content (AvgIpc) is 2.81. The SMILES string of the molecule is Cc1nn(Cc2ccccc2F)c(C)c1NC(=S)NCCCN(C)C. The van der Waals surface area contributed by atoms with Gasteiger partial charge in [0.15, 0.2) is 5.11 Å². The van der Waals surface area contributed by atoms with E-state index in [4.69, 9.17) is 12.2 Å². The van der Waals surface area contributed by atoms with Gasteiger partial charge < -0.3 is 15.5 Å². The van der Waals surface area contributed by atoms with Crippen LogP contribution in [0.4, 0.5) is 10.1 Å². The third-order valence-corrected chi connectivity index (χ3v) is 4.21. The molecule has 0 radical (unpaired) electrons. The highest BCUT2D eigenvalue weighted by Gasteiger charge is 2.14. The Morgan fingerprint density at radius 3 is 2.68 bits per heavy atom. The third-order valence-electron chi connectivity index (χ3n) is 3.97. The zero-order valence-electron chi connectivity index (χ0n) is 15.3. The predicted octanol–water partition coefficient (Wildman–Crippen LogP) is 2.93. The molecule has 0 unspecified atom stereocenters. The molecule has 0 aliphatic carbocycles. The highest BCUT2D eigenvalue weighted by Crippen LogP contribution is 2.21. The van der Waals surface area contributed by atoms with E-state index in [1.165, 1.54) is 6.07 Å². The number of hydrogen-bond donors (Lipinski definition) is 2. The molecule has 0 spiro atoms. The topological polar surface area (TPSA) is 45.1 Å². The largest absolute Gasteiger partial charge is 0.362 e. The third kappa shape index (κ3) is 5.51. The molecule has 0 saturated heterocycles. The van der Waals surface area contributed by atoms with Gasteiger partial charge in [0.25, 0.3) is 0 Å². The summed E-state index contributed by atoms with van der Waals surface area (Å²) in [7, 11) is 4.10. The molecule has 0 amide bonds. The highest BCUT2D eigenvalue weighted by atomic mass is 32.1. The lowest BCUT2D eigenvalue weighted by molar-refractivity contribution is 0.400. The fourth-order valence-corrected chi connectivity index (χ4v) is 2.78. The lowest BCUT2D eigenvalue weighted by Gasteiger charge is -2.13. The Balaban J connectivity index is 1.99. The maximum Gasteiger partial charge on any atom is 0.170 e. The van der Waals surface area contributed by atoms with Gasteiger partial charge in [-0.25, -0.2) is 4.39 Å². The molecule has 0 aliphatic heterocycles. The molecule has 136 valence electrons. The molecule has 0 bridgehead atoms. The molecule has 1 heterocycles. The summed E-state index contributed by atoms with van der Waals surface area (Å²) in [6.45, 7) is 6.09. The van der Waals surface area contributed by atoms with E-state index in [2.05, 4.69) is 20.6 Å². The second-order valence-electron chi connectivity index (χ2n) is 6.33. The van der Waals surface area contributed by atoms with Gasteiger partial charge in [0, 0.05) is 12.1 Å². The summed E-state index contributed by atoms with van der Waals surface area (Å²) in [4.78, 5) is 2.14. The molecular weight excluding hydrogens is 337 g/mol. The van der Waals surface area contributed by atoms with Crippen molar-refractivity contribution in [3.05, 3.63) is 47.0 Å². The molecule has 0 aliphatic rings. The van der Waals surface area contributed by atoms with Gasteiger partial charge in [-0.05, 0) is 59.2 Å². The molecule has 0 fully saturated rings. The minimum Gasteiger partial charge on any atom is -0.362 e. The number of aryl methyl sites for hydroxylation is 1. The van der Waals surface area contributed by atoms with Crippen molar-refractivity contribution in [1.29, 1.82) is 0 Å². The monoisotopic (exact) mass is 363 g/mol. The maximum atomic E-state index is 13.9. The van der Waals surface area contributed by atoms with Crippen LogP contribution in [0.2, 0.25) is 0 Å². The van der Waals surface area contributed by atoms with E-state index in [-0.39, 0.29) is 5.82 Å².